The number of hydrogen-bond donors (Lipinski definition) is 3. The summed E-state index contributed by atoms with van der Waals surface area (Å²) in [5.74, 6) is 0.776. The van der Waals surface area contributed by atoms with E-state index in [1.165, 1.54) is 0 Å². The molecule has 7 nitrogen and oxygen atoms in total. The summed E-state index contributed by atoms with van der Waals surface area (Å²) in [5.41, 5.74) is 0. The SMILES string of the molecule is CN=C(NCCC(=O)NC(C)C)NCCN(C)CCCOC. The minimum atomic E-state index is 0.0517. The minimum Gasteiger partial charge on any atom is -0.385 e. The third-order valence-corrected chi connectivity index (χ3v) is 2.99. The number of carbonyl (C=O) groups is 1. The van der Waals surface area contributed by atoms with Crippen LogP contribution in [0.25, 0.3) is 0 Å². The van der Waals surface area contributed by atoms with Crippen LogP contribution < -0.4 is 16.0 Å². The highest BCUT2D eigenvalue weighted by atomic mass is 16.5. The van der Waals surface area contributed by atoms with Crippen molar-refractivity contribution >= 4 is 11.9 Å². The smallest absolute Gasteiger partial charge is 0.221 e. The molecule has 130 valence electrons. The molecule has 0 saturated carbocycles. The van der Waals surface area contributed by atoms with Crippen molar-refractivity contribution in [1.82, 2.24) is 20.9 Å². The van der Waals surface area contributed by atoms with Gasteiger partial charge in [0, 0.05) is 59.4 Å². The quantitative estimate of drug-likeness (QED) is 0.285. The normalized spacial score (nSPS) is 11.9. The Hall–Kier alpha value is -1.34. The summed E-state index contributed by atoms with van der Waals surface area (Å²) in [7, 11) is 5.54. The van der Waals surface area contributed by atoms with E-state index in [0.717, 1.165) is 38.6 Å². The van der Waals surface area contributed by atoms with Crippen LogP contribution in [0.15, 0.2) is 4.99 Å². The van der Waals surface area contributed by atoms with Gasteiger partial charge in [0.2, 0.25) is 5.91 Å². The van der Waals surface area contributed by atoms with Crippen molar-refractivity contribution < 1.29 is 9.53 Å². The summed E-state index contributed by atoms with van der Waals surface area (Å²) in [5, 5.41) is 9.24. The van der Waals surface area contributed by atoms with Crippen LogP contribution >= 0.6 is 0 Å². The molecule has 0 rings (SSSR count). The zero-order chi connectivity index (χ0) is 16.8. The van der Waals surface area contributed by atoms with E-state index in [-0.39, 0.29) is 11.9 Å². The largest absolute Gasteiger partial charge is 0.385 e. The molecule has 0 aromatic rings. The number of methoxy groups -OCH3 is 1. The number of nitrogens with zero attached hydrogens (tertiary/aromatic N) is 2. The van der Waals surface area contributed by atoms with Gasteiger partial charge in [0.05, 0.1) is 0 Å². The van der Waals surface area contributed by atoms with E-state index in [1.807, 2.05) is 13.8 Å². The van der Waals surface area contributed by atoms with Crippen LogP contribution in [0.2, 0.25) is 0 Å². The van der Waals surface area contributed by atoms with Crippen LogP contribution in [0.3, 0.4) is 0 Å². The molecule has 0 aliphatic heterocycles. The molecule has 1 amide bonds. The number of rotatable bonds is 11. The molecule has 0 aromatic heterocycles. The average molecular weight is 315 g/mol. The van der Waals surface area contributed by atoms with Crippen molar-refractivity contribution in [1.29, 1.82) is 0 Å². The third-order valence-electron chi connectivity index (χ3n) is 2.99. The van der Waals surface area contributed by atoms with Gasteiger partial charge in [-0.15, -0.1) is 0 Å². The number of amides is 1. The van der Waals surface area contributed by atoms with Crippen LogP contribution in [-0.2, 0) is 9.53 Å². The van der Waals surface area contributed by atoms with E-state index in [2.05, 4.69) is 32.9 Å². The van der Waals surface area contributed by atoms with Crippen LogP contribution in [0, 0.1) is 0 Å². The number of ether oxygens (including phenoxy) is 1. The monoisotopic (exact) mass is 315 g/mol. The molecule has 7 heteroatoms. The number of nitrogens with one attached hydrogen (secondary N) is 3. The molecule has 0 aliphatic rings. The van der Waals surface area contributed by atoms with Gasteiger partial charge in [-0.1, -0.05) is 0 Å². The number of hydrogen-bond acceptors (Lipinski definition) is 4. The van der Waals surface area contributed by atoms with E-state index in [9.17, 15) is 4.79 Å². The predicted molar refractivity (Wildman–Crippen MR) is 91.3 cm³/mol. The molecule has 0 saturated heterocycles. The third kappa shape index (κ3) is 12.4. The Kier molecular flexibility index (Phi) is 12.5. The first-order chi connectivity index (χ1) is 10.5. The first kappa shape index (κ1) is 20.7. The summed E-state index contributed by atoms with van der Waals surface area (Å²) in [6.07, 6.45) is 1.47. The van der Waals surface area contributed by atoms with Crippen molar-refractivity contribution in [3.8, 4) is 0 Å². The molecule has 3 N–H and O–H groups in total. The van der Waals surface area contributed by atoms with Crippen molar-refractivity contribution in [2.45, 2.75) is 32.7 Å². The van der Waals surface area contributed by atoms with Gasteiger partial charge in [0.15, 0.2) is 5.96 Å². The van der Waals surface area contributed by atoms with E-state index < -0.39 is 0 Å². The van der Waals surface area contributed by atoms with E-state index in [0.29, 0.717) is 13.0 Å². The van der Waals surface area contributed by atoms with Gasteiger partial charge in [0.1, 0.15) is 0 Å². The zero-order valence-corrected chi connectivity index (χ0v) is 14.7. The van der Waals surface area contributed by atoms with Crippen LogP contribution in [0.1, 0.15) is 26.7 Å². The summed E-state index contributed by atoms with van der Waals surface area (Å²) >= 11 is 0. The average Bonchev–Trinajstić information content (AvgIpc) is 2.45. The van der Waals surface area contributed by atoms with Crippen molar-refractivity contribution in [2.24, 2.45) is 4.99 Å². The van der Waals surface area contributed by atoms with Crippen molar-refractivity contribution in [3.05, 3.63) is 0 Å². The highest BCUT2D eigenvalue weighted by Crippen LogP contribution is 1.87. The molecule has 0 heterocycles. The van der Waals surface area contributed by atoms with Crippen LogP contribution in [0.4, 0.5) is 0 Å². The second-order valence-corrected chi connectivity index (χ2v) is 5.55. The molecule has 0 radical (unpaired) electrons. The fourth-order valence-electron chi connectivity index (χ4n) is 1.86. The van der Waals surface area contributed by atoms with Gasteiger partial charge >= 0.3 is 0 Å². The van der Waals surface area contributed by atoms with E-state index in [4.69, 9.17) is 4.74 Å². The van der Waals surface area contributed by atoms with Crippen LogP contribution in [-0.4, -0.2) is 76.8 Å². The predicted octanol–water partition coefficient (Wildman–Crippen LogP) is 0.0344. The lowest BCUT2D eigenvalue weighted by atomic mass is 10.3. The Labute approximate surface area is 134 Å². The summed E-state index contributed by atoms with van der Waals surface area (Å²) in [4.78, 5) is 17.9. The summed E-state index contributed by atoms with van der Waals surface area (Å²) in [6.45, 7) is 8.02. The van der Waals surface area contributed by atoms with Gasteiger partial charge in [0.25, 0.3) is 0 Å². The van der Waals surface area contributed by atoms with E-state index in [1.54, 1.807) is 14.2 Å². The molecule has 0 spiro atoms. The number of aliphatic imine (C=N–C) groups is 1. The second-order valence-electron chi connectivity index (χ2n) is 5.55. The first-order valence-electron chi connectivity index (χ1n) is 7.91. The number of likely N-dealkylation sites (N-methyl/N-ethyl adjacent to an activating group) is 1. The maximum atomic E-state index is 11.5. The lowest BCUT2D eigenvalue weighted by molar-refractivity contribution is -0.121. The van der Waals surface area contributed by atoms with E-state index >= 15 is 0 Å². The number of carbonyl (C=O) groups excluding carboxylic acids is 1. The maximum absolute atomic E-state index is 11.5. The molecule has 0 fully saturated rings. The Bertz CT molecular complexity index is 321. The molecule has 0 unspecified atom stereocenters. The zero-order valence-electron chi connectivity index (χ0n) is 14.7. The van der Waals surface area contributed by atoms with Gasteiger partial charge in [-0.25, -0.2) is 0 Å². The Morgan fingerprint density at radius 3 is 2.50 bits per heavy atom. The Balaban J connectivity index is 3.73. The Morgan fingerprint density at radius 1 is 1.23 bits per heavy atom. The van der Waals surface area contributed by atoms with Gasteiger partial charge in [-0.05, 0) is 27.3 Å². The molecule has 0 aliphatic carbocycles. The fourth-order valence-corrected chi connectivity index (χ4v) is 1.86. The molecule has 0 aromatic carbocycles. The van der Waals surface area contributed by atoms with Gasteiger partial charge in [-0.3, -0.25) is 9.79 Å². The topological polar surface area (TPSA) is 78.0 Å². The summed E-state index contributed by atoms with van der Waals surface area (Å²) in [6, 6.07) is 0.179. The first-order valence-corrected chi connectivity index (χ1v) is 7.91. The van der Waals surface area contributed by atoms with Gasteiger partial charge < -0.3 is 25.6 Å². The highest BCUT2D eigenvalue weighted by Gasteiger charge is 2.04. The van der Waals surface area contributed by atoms with Crippen LogP contribution in [0.5, 0.6) is 0 Å². The molecule has 22 heavy (non-hydrogen) atoms. The van der Waals surface area contributed by atoms with Crippen molar-refractivity contribution in [2.75, 3.05) is 54.0 Å². The maximum Gasteiger partial charge on any atom is 0.221 e. The standard InChI is InChI=1S/C15H33N5O2/c1-13(2)19-14(21)7-8-17-15(16-3)18-9-11-20(4)10-6-12-22-5/h13H,6-12H2,1-5H3,(H,19,21)(H2,16,17,18). The molecular formula is C15H33N5O2. The molecule has 0 atom stereocenters. The second kappa shape index (κ2) is 13.3. The fraction of sp³-hybridized carbons (Fsp3) is 0.867. The Morgan fingerprint density at radius 2 is 1.91 bits per heavy atom. The molecule has 0 bridgehead atoms. The summed E-state index contributed by atoms with van der Waals surface area (Å²) < 4.78 is 5.04. The highest BCUT2D eigenvalue weighted by molar-refractivity contribution is 5.81. The lowest BCUT2D eigenvalue weighted by Crippen LogP contribution is -2.42. The number of guanidine groups is 1. The van der Waals surface area contributed by atoms with Gasteiger partial charge in [-0.2, -0.15) is 0 Å². The lowest BCUT2D eigenvalue weighted by Gasteiger charge is -2.18. The minimum absolute atomic E-state index is 0.0517. The van der Waals surface area contributed by atoms with Crippen molar-refractivity contribution in [3.63, 3.8) is 0 Å². The molecular weight excluding hydrogens is 282 g/mol.